The summed E-state index contributed by atoms with van der Waals surface area (Å²) in [6.07, 6.45) is 1.02. The molecule has 1 aliphatic rings. The fourth-order valence-electron chi connectivity index (χ4n) is 3.03. The molecular formula is C18H17N3. The van der Waals surface area contributed by atoms with Gasteiger partial charge in [0.25, 0.3) is 0 Å². The summed E-state index contributed by atoms with van der Waals surface area (Å²) in [6, 6.07) is 18.7. The molecular weight excluding hydrogens is 258 g/mol. The maximum absolute atomic E-state index is 6.13. The van der Waals surface area contributed by atoms with Crippen molar-refractivity contribution >= 4 is 22.4 Å². The fourth-order valence-corrected chi connectivity index (χ4v) is 3.03. The molecule has 1 aromatic heterocycles. The molecule has 0 fully saturated rings. The lowest BCUT2D eigenvalue weighted by Crippen LogP contribution is -2.31. The van der Waals surface area contributed by atoms with E-state index in [9.17, 15) is 0 Å². The van der Waals surface area contributed by atoms with Crippen molar-refractivity contribution in [3.63, 3.8) is 0 Å². The topological polar surface area (TPSA) is 42.1 Å². The quantitative estimate of drug-likeness (QED) is 0.692. The second-order valence-corrected chi connectivity index (χ2v) is 5.52. The fraction of sp³-hybridized carbons (Fsp3) is 0.167. The van der Waals surface area contributed by atoms with E-state index in [1.165, 1.54) is 16.5 Å². The number of hydrogen-bond donors (Lipinski definition) is 1. The van der Waals surface area contributed by atoms with E-state index in [-0.39, 0.29) is 0 Å². The Morgan fingerprint density at radius 3 is 2.81 bits per heavy atom. The molecule has 3 aromatic rings. The van der Waals surface area contributed by atoms with Crippen LogP contribution in [0.4, 0.5) is 11.5 Å². The van der Waals surface area contributed by atoms with Crippen LogP contribution in [-0.2, 0) is 13.0 Å². The van der Waals surface area contributed by atoms with E-state index in [1.54, 1.807) is 0 Å². The second kappa shape index (κ2) is 4.77. The number of aromatic nitrogens is 1. The molecule has 0 aliphatic carbocycles. The van der Waals surface area contributed by atoms with E-state index in [0.29, 0.717) is 0 Å². The van der Waals surface area contributed by atoms with Gasteiger partial charge in [0.15, 0.2) is 0 Å². The molecule has 3 heteroatoms. The van der Waals surface area contributed by atoms with E-state index >= 15 is 0 Å². The smallest absolute Gasteiger partial charge is 0.129 e. The normalized spacial score (nSPS) is 14.2. The third-order valence-corrected chi connectivity index (χ3v) is 4.22. The first kappa shape index (κ1) is 12.2. The highest BCUT2D eigenvalue weighted by atomic mass is 15.2. The van der Waals surface area contributed by atoms with Crippen LogP contribution in [0.5, 0.6) is 0 Å². The van der Waals surface area contributed by atoms with Crippen LogP contribution in [0.15, 0.2) is 54.6 Å². The van der Waals surface area contributed by atoms with Crippen molar-refractivity contribution in [2.45, 2.75) is 13.0 Å². The average Bonchev–Trinajstić information content (AvgIpc) is 2.54. The first-order valence-electron chi connectivity index (χ1n) is 7.28. The highest BCUT2D eigenvalue weighted by molar-refractivity contribution is 5.80. The Morgan fingerprint density at radius 2 is 1.86 bits per heavy atom. The standard InChI is InChI=1S/C18H17N3/c19-16-6-3-5-13-10-11-21(12-15(13)16)18-9-8-14-4-1-2-7-17(14)20-18/h1-9H,10-12,19H2. The predicted molar refractivity (Wildman–Crippen MR) is 87.4 cm³/mol. The summed E-state index contributed by atoms with van der Waals surface area (Å²) < 4.78 is 0. The molecule has 2 heterocycles. The highest BCUT2D eigenvalue weighted by Gasteiger charge is 2.19. The molecule has 0 atom stereocenters. The van der Waals surface area contributed by atoms with Gasteiger partial charge in [0.1, 0.15) is 5.82 Å². The first-order chi connectivity index (χ1) is 10.3. The summed E-state index contributed by atoms with van der Waals surface area (Å²) in [7, 11) is 0. The lowest BCUT2D eigenvalue weighted by atomic mass is 9.98. The van der Waals surface area contributed by atoms with Crippen LogP contribution in [-0.4, -0.2) is 11.5 Å². The van der Waals surface area contributed by atoms with Crippen molar-refractivity contribution in [2.75, 3.05) is 17.2 Å². The van der Waals surface area contributed by atoms with Crippen LogP contribution in [0.3, 0.4) is 0 Å². The van der Waals surface area contributed by atoms with E-state index in [4.69, 9.17) is 10.7 Å². The van der Waals surface area contributed by atoms with E-state index in [1.807, 2.05) is 24.3 Å². The molecule has 0 amide bonds. The largest absolute Gasteiger partial charge is 0.398 e. The number of nitrogen functional groups attached to an aromatic ring is 1. The number of fused-ring (bicyclic) bond motifs is 2. The summed E-state index contributed by atoms with van der Waals surface area (Å²) in [5.74, 6) is 1.03. The molecule has 0 spiro atoms. The summed E-state index contributed by atoms with van der Waals surface area (Å²) in [5.41, 5.74) is 10.7. The molecule has 104 valence electrons. The Hall–Kier alpha value is -2.55. The van der Waals surface area contributed by atoms with Crippen LogP contribution in [0, 0.1) is 0 Å². The third-order valence-electron chi connectivity index (χ3n) is 4.22. The Labute approximate surface area is 124 Å². The molecule has 21 heavy (non-hydrogen) atoms. The molecule has 2 N–H and O–H groups in total. The van der Waals surface area contributed by atoms with Crippen molar-refractivity contribution in [1.82, 2.24) is 4.98 Å². The van der Waals surface area contributed by atoms with Crippen molar-refractivity contribution in [1.29, 1.82) is 0 Å². The number of benzene rings is 2. The van der Waals surface area contributed by atoms with Gasteiger partial charge >= 0.3 is 0 Å². The van der Waals surface area contributed by atoms with E-state index in [2.05, 4.69) is 35.2 Å². The lowest BCUT2D eigenvalue weighted by Gasteiger charge is -2.30. The molecule has 0 radical (unpaired) electrons. The zero-order valence-electron chi connectivity index (χ0n) is 11.8. The van der Waals surface area contributed by atoms with E-state index in [0.717, 1.165) is 36.5 Å². The minimum absolute atomic E-state index is 0.841. The molecule has 0 saturated heterocycles. The molecule has 1 aliphatic heterocycles. The van der Waals surface area contributed by atoms with Gasteiger partial charge in [0, 0.05) is 24.2 Å². The van der Waals surface area contributed by atoms with Crippen molar-refractivity contribution in [3.8, 4) is 0 Å². The van der Waals surface area contributed by atoms with Crippen LogP contribution < -0.4 is 10.6 Å². The predicted octanol–water partition coefficient (Wildman–Crippen LogP) is 3.38. The summed E-state index contributed by atoms with van der Waals surface area (Å²) in [4.78, 5) is 7.10. The molecule has 0 bridgehead atoms. The number of nitrogens with zero attached hydrogens (tertiary/aromatic N) is 2. The van der Waals surface area contributed by atoms with Crippen molar-refractivity contribution < 1.29 is 0 Å². The SMILES string of the molecule is Nc1cccc2c1CN(c1ccc3ccccc3n1)CC2. The van der Waals surface area contributed by atoms with Crippen LogP contribution in [0.1, 0.15) is 11.1 Å². The molecule has 4 rings (SSSR count). The zero-order valence-corrected chi connectivity index (χ0v) is 11.8. The van der Waals surface area contributed by atoms with Crippen LogP contribution in [0.25, 0.3) is 10.9 Å². The van der Waals surface area contributed by atoms with E-state index < -0.39 is 0 Å². The molecule has 2 aromatic carbocycles. The van der Waals surface area contributed by atoms with Crippen LogP contribution >= 0.6 is 0 Å². The highest BCUT2D eigenvalue weighted by Crippen LogP contribution is 2.28. The summed E-state index contributed by atoms with van der Waals surface area (Å²) in [5, 5.41) is 1.18. The third kappa shape index (κ3) is 2.11. The number of hydrogen-bond acceptors (Lipinski definition) is 3. The summed E-state index contributed by atoms with van der Waals surface area (Å²) in [6.45, 7) is 1.83. The minimum Gasteiger partial charge on any atom is -0.398 e. The van der Waals surface area contributed by atoms with Gasteiger partial charge in [-0.2, -0.15) is 0 Å². The minimum atomic E-state index is 0.841. The Bertz CT molecular complexity index is 810. The summed E-state index contributed by atoms with van der Waals surface area (Å²) >= 11 is 0. The number of para-hydroxylation sites is 1. The van der Waals surface area contributed by atoms with Crippen molar-refractivity contribution in [2.24, 2.45) is 0 Å². The van der Waals surface area contributed by atoms with Gasteiger partial charge in [-0.05, 0) is 41.8 Å². The van der Waals surface area contributed by atoms with Gasteiger partial charge in [0.05, 0.1) is 5.52 Å². The Kier molecular flexibility index (Phi) is 2.78. The number of nitrogens with two attached hydrogens (primary N) is 1. The van der Waals surface area contributed by atoms with Gasteiger partial charge in [-0.15, -0.1) is 0 Å². The number of rotatable bonds is 1. The maximum Gasteiger partial charge on any atom is 0.129 e. The molecule has 3 nitrogen and oxygen atoms in total. The molecule has 0 saturated carbocycles. The van der Waals surface area contributed by atoms with Crippen molar-refractivity contribution in [3.05, 3.63) is 65.7 Å². The Balaban J connectivity index is 1.72. The second-order valence-electron chi connectivity index (χ2n) is 5.52. The number of pyridine rings is 1. The van der Waals surface area contributed by atoms with Gasteiger partial charge < -0.3 is 10.6 Å². The molecule has 0 unspecified atom stereocenters. The zero-order chi connectivity index (χ0) is 14.2. The van der Waals surface area contributed by atoms with Crippen LogP contribution in [0.2, 0.25) is 0 Å². The maximum atomic E-state index is 6.13. The monoisotopic (exact) mass is 275 g/mol. The van der Waals surface area contributed by atoms with Gasteiger partial charge in [0.2, 0.25) is 0 Å². The lowest BCUT2D eigenvalue weighted by molar-refractivity contribution is 0.724. The van der Waals surface area contributed by atoms with Gasteiger partial charge in [-0.3, -0.25) is 0 Å². The first-order valence-corrected chi connectivity index (χ1v) is 7.28. The average molecular weight is 275 g/mol. The number of anilines is 2. The van der Waals surface area contributed by atoms with Gasteiger partial charge in [-0.1, -0.05) is 30.3 Å². The van der Waals surface area contributed by atoms with Gasteiger partial charge in [-0.25, -0.2) is 4.98 Å². The Morgan fingerprint density at radius 1 is 0.952 bits per heavy atom.